The molecule has 8 aromatic carbocycles. The molecule has 0 amide bonds. The van der Waals surface area contributed by atoms with Crippen LogP contribution >= 0.6 is 0 Å². The summed E-state index contributed by atoms with van der Waals surface area (Å²) in [6.45, 7) is 0. The Morgan fingerprint density at radius 2 is 0.836 bits per heavy atom. The Hall–Kier alpha value is -7.43. The Morgan fingerprint density at radius 1 is 0.345 bits per heavy atom. The van der Waals surface area contributed by atoms with E-state index in [0.717, 1.165) is 72.7 Å². The van der Waals surface area contributed by atoms with Crippen LogP contribution in [0.3, 0.4) is 0 Å². The average molecular weight is 703 g/mol. The van der Waals surface area contributed by atoms with Crippen molar-refractivity contribution in [2.75, 3.05) is 4.90 Å². The first-order valence-electron chi connectivity index (χ1n) is 18.5. The summed E-state index contributed by atoms with van der Waals surface area (Å²) in [4.78, 5) is 17.9. The standard InChI is InChI=1S/C51H34N4/c1-5-17-35(18-6-1)45-34-46(54-51(53-45)38-19-7-2-8-20-38)36-29-31-37(32-30-36)50-49-47(55(40-22-9-3-10-23-40)41-24-11-4-12-25-41)33-39-21-13-14-26-42(39)48(49)43-27-15-16-28-44(43)52-50/h1-34H. The van der Waals surface area contributed by atoms with E-state index in [9.17, 15) is 0 Å². The number of aromatic nitrogens is 3. The molecular formula is C51H34N4. The first-order chi connectivity index (χ1) is 27.3. The fourth-order valence-electron chi connectivity index (χ4n) is 7.64. The van der Waals surface area contributed by atoms with Gasteiger partial charge in [-0.15, -0.1) is 0 Å². The molecule has 0 saturated heterocycles. The summed E-state index contributed by atoms with van der Waals surface area (Å²) in [5.41, 5.74) is 10.9. The number of fused-ring (bicyclic) bond motifs is 5. The van der Waals surface area contributed by atoms with Crippen molar-refractivity contribution in [1.29, 1.82) is 0 Å². The van der Waals surface area contributed by atoms with Crippen molar-refractivity contribution in [3.8, 4) is 45.2 Å². The van der Waals surface area contributed by atoms with Crippen LogP contribution in [0.5, 0.6) is 0 Å². The third kappa shape index (κ3) is 5.96. The van der Waals surface area contributed by atoms with E-state index < -0.39 is 0 Å². The van der Waals surface area contributed by atoms with Crippen LogP contribution in [0.25, 0.3) is 77.6 Å². The Kier molecular flexibility index (Phi) is 8.12. The number of pyridine rings is 1. The van der Waals surface area contributed by atoms with Crippen LogP contribution < -0.4 is 4.90 Å². The zero-order chi connectivity index (χ0) is 36.6. The monoisotopic (exact) mass is 702 g/mol. The van der Waals surface area contributed by atoms with Crippen molar-refractivity contribution >= 4 is 49.5 Å². The molecule has 0 aliphatic carbocycles. The van der Waals surface area contributed by atoms with Crippen molar-refractivity contribution in [3.05, 3.63) is 206 Å². The molecule has 10 rings (SSSR count). The van der Waals surface area contributed by atoms with E-state index in [4.69, 9.17) is 15.0 Å². The number of benzene rings is 8. The molecule has 0 atom stereocenters. The lowest BCUT2D eigenvalue weighted by Crippen LogP contribution is -2.11. The summed E-state index contributed by atoms with van der Waals surface area (Å²) in [7, 11) is 0. The number of anilines is 3. The lowest BCUT2D eigenvalue weighted by Gasteiger charge is -2.28. The van der Waals surface area contributed by atoms with Gasteiger partial charge < -0.3 is 4.90 Å². The van der Waals surface area contributed by atoms with Crippen LogP contribution in [-0.4, -0.2) is 15.0 Å². The van der Waals surface area contributed by atoms with Gasteiger partial charge in [-0.25, -0.2) is 15.0 Å². The van der Waals surface area contributed by atoms with Crippen LogP contribution in [-0.2, 0) is 0 Å². The van der Waals surface area contributed by atoms with E-state index in [1.54, 1.807) is 0 Å². The average Bonchev–Trinajstić information content (AvgIpc) is 3.27. The summed E-state index contributed by atoms with van der Waals surface area (Å²) >= 11 is 0. The highest BCUT2D eigenvalue weighted by Crippen LogP contribution is 2.47. The summed E-state index contributed by atoms with van der Waals surface area (Å²) in [6.07, 6.45) is 0. The molecule has 4 nitrogen and oxygen atoms in total. The fraction of sp³-hybridized carbons (Fsp3) is 0. The SMILES string of the molecule is c1ccc(-c2cc(-c3ccc(-c4nc5ccccc5c5c4c(N(c4ccccc4)c4ccccc4)cc4ccccc45)cc3)nc(-c3ccccc3)n2)cc1. The summed E-state index contributed by atoms with van der Waals surface area (Å²) in [5, 5.41) is 5.77. The summed E-state index contributed by atoms with van der Waals surface area (Å²) in [5.74, 6) is 0.696. The molecule has 0 unspecified atom stereocenters. The number of rotatable bonds is 7. The van der Waals surface area contributed by atoms with Crippen molar-refractivity contribution in [2.24, 2.45) is 0 Å². The van der Waals surface area contributed by atoms with Crippen molar-refractivity contribution < 1.29 is 0 Å². The molecule has 2 heterocycles. The second-order valence-corrected chi connectivity index (χ2v) is 13.6. The molecule has 0 spiro atoms. The normalized spacial score (nSPS) is 11.3. The number of nitrogens with zero attached hydrogens (tertiary/aromatic N) is 4. The predicted octanol–water partition coefficient (Wildman–Crippen LogP) is 13.5. The minimum absolute atomic E-state index is 0.696. The van der Waals surface area contributed by atoms with Crippen molar-refractivity contribution in [3.63, 3.8) is 0 Å². The van der Waals surface area contributed by atoms with Gasteiger partial charge in [-0.1, -0.05) is 164 Å². The molecule has 0 aliphatic heterocycles. The zero-order valence-corrected chi connectivity index (χ0v) is 29.9. The van der Waals surface area contributed by atoms with Crippen LogP contribution in [0.15, 0.2) is 206 Å². The van der Waals surface area contributed by atoms with Crippen molar-refractivity contribution in [2.45, 2.75) is 0 Å². The Morgan fingerprint density at radius 3 is 1.47 bits per heavy atom. The maximum absolute atomic E-state index is 5.47. The smallest absolute Gasteiger partial charge is 0.160 e. The first kappa shape index (κ1) is 32.2. The van der Waals surface area contributed by atoms with Crippen LogP contribution in [0, 0.1) is 0 Å². The minimum Gasteiger partial charge on any atom is -0.310 e. The number of hydrogen-bond acceptors (Lipinski definition) is 4. The minimum atomic E-state index is 0.696. The maximum Gasteiger partial charge on any atom is 0.160 e. The topological polar surface area (TPSA) is 41.9 Å². The van der Waals surface area contributed by atoms with Gasteiger partial charge in [-0.2, -0.15) is 0 Å². The molecule has 55 heavy (non-hydrogen) atoms. The number of para-hydroxylation sites is 3. The van der Waals surface area contributed by atoms with Gasteiger partial charge in [0.05, 0.1) is 28.3 Å². The van der Waals surface area contributed by atoms with E-state index in [-0.39, 0.29) is 0 Å². The molecule has 2 aromatic heterocycles. The highest BCUT2D eigenvalue weighted by Gasteiger charge is 2.23. The highest BCUT2D eigenvalue weighted by atomic mass is 15.1. The van der Waals surface area contributed by atoms with E-state index >= 15 is 0 Å². The number of hydrogen-bond donors (Lipinski definition) is 0. The summed E-state index contributed by atoms with van der Waals surface area (Å²) in [6, 6.07) is 72.0. The Balaban J connectivity index is 1.22. The van der Waals surface area contributed by atoms with E-state index in [0.29, 0.717) is 5.82 Å². The van der Waals surface area contributed by atoms with Gasteiger partial charge in [0.25, 0.3) is 0 Å². The van der Waals surface area contributed by atoms with Crippen LogP contribution in [0.4, 0.5) is 17.1 Å². The third-order valence-corrected chi connectivity index (χ3v) is 10.2. The second-order valence-electron chi connectivity index (χ2n) is 13.6. The van der Waals surface area contributed by atoms with Crippen LogP contribution in [0.1, 0.15) is 0 Å². The van der Waals surface area contributed by atoms with Gasteiger partial charge in [0.1, 0.15) is 0 Å². The van der Waals surface area contributed by atoms with Gasteiger partial charge in [-0.3, -0.25) is 0 Å². The quantitative estimate of drug-likeness (QED) is 0.155. The van der Waals surface area contributed by atoms with E-state index in [1.807, 2.05) is 36.4 Å². The maximum atomic E-state index is 5.47. The molecule has 0 aliphatic rings. The molecule has 0 fully saturated rings. The lowest BCUT2D eigenvalue weighted by atomic mass is 9.92. The highest BCUT2D eigenvalue weighted by molar-refractivity contribution is 6.27. The first-order valence-corrected chi connectivity index (χ1v) is 18.5. The van der Waals surface area contributed by atoms with Gasteiger partial charge in [0.15, 0.2) is 5.82 Å². The van der Waals surface area contributed by atoms with Crippen molar-refractivity contribution in [1.82, 2.24) is 15.0 Å². The molecular weight excluding hydrogens is 669 g/mol. The Bertz CT molecular complexity index is 2840. The van der Waals surface area contributed by atoms with E-state index in [1.165, 1.54) is 16.2 Å². The molecule has 4 heteroatoms. The molecule has 0 saturated carbocycles. The van der Waals surface area contributed by atoms with Gasteiger partial charge in [0.2, 0.25) is 0 Å². The molecule has 258 valence electrons. The largest absolute Gasteiger partial charge is 0.310 e. The predicted molar refractivity (Wildman–Crippen MR) is 229 cm³/mol. The van der Waals surface area contributed by atoms with E-state index in [2.05, 4.69) is 175 Å². The zero-order valence-electron chi connectivity index (χ0n) is 29.9. The van der Waals surface area contributed by atoms with Gasteiger partial charge in [-0.05, 0) is 53.2 Å². The molecule has 10 aromatic rings. The fourth-order valence-corrected chi connectivity index (χ4v) is 7.64. The second kappa shape index (κ2) is 13.8. The molecule has 0 radical (unpaired) electrons. The van der Waals surface area contributed by atoms with Gasteiger partial charge >= 0.3 is 0 Å². The third-order valence-electron chi connectivity index (χ3n) is 10.2. The molecule has 0 bridgehead atoms. The Labute approximate surface area is 319 Å². The van der Waals surface area contributed by atoms with Crippen LogP contribution in [0.2, 0.25) is 0 Å². The lowest BCUT2D eigenvalue weighted by molar-refractivity contribution is 1.18. The molecule has 0 N–H and O–H groups in total. The van der Waals surface area contributed by atoms with Gasteiger partial charge in [0, 0.05) is 49.8 Å². The summed E-state index contributed by atoms with van der Waals surface area (Å²) < 4.78 is 0.